The van der Waals surface area contributed by atoms with E-state index in [1.807, 2.05) is 41.8 Å². The Morgan fingerprint density at radius 2 is 1.90 bits per heavy atom. The number of thiophene rings is 1. The van der Waals surface area contributed by atoms with E-state index in [1.165, 1.54) is 0 Å². The highest BCUT2D eigenvalue weighted by Gasteiger charge is 2.21. The second-order valence-corrected chi connectivity index (χ2v) is 8.31. The zero-order valence-corrected chi connectivity index (χ0v) is 18.7. The van der Waals surface area contributed by atoms with Gasteiger partial charge in [-0.1, -0.05) is 23.7 Å². The Bertz CT molecular complexity index is 984. The van der Waals surface area contributed by atoms with E-state index in [9.17, 15) is 4.79 Å². The molecule has 7 heteroatoms. The van der Waals surface area contributed by atoms with E-state index in [1.54, 1.807) is 18.4 Å². The van der Waals surface area contributed by atoms with Gasteiger partial charge in [-0.2, -0.15) is 0 Å². The third-order valence-corrected chi connectivity index (χ3v) is 6.49. The Labute approximate surface area is 186 Å². The topological polar surface area (TPSA) is 32.8 Å². The average molecular weight is 451 g/mol. The van der Waals surface area contributed by atoms with E-state index in [0.29, 0.717) is 11.4 Å². The fourth-order valence-electron chi connectivity index (χ4n) is 3.72. The fourth-order valence-corrected chi connectivity index (χ4v) is 4.83. The van der Waals surface area contributed by atoms with Crippen molar-refractivity contribution in [2.24, 2.45) is 0 Å². The molecule has 4 rings (SSSR count). The van der Waals surface area contributed by atoms with Crippen LogP contribution in [0.25, 0.3) is 10.1 Å². The van der Waals surface area contributed by atoms with Gasteiger partial charge in [0, 0.05) is 65.2 Å². The number of fused-ring (bicyclic) bond motifs is 1. The number of ketones is 1. The van der Waals surface area contributed by atoms with Crippen LogP contribution in [-0.2, 0) is 0 Å². The van der Waals surface area contributed by atoms with Crippen molar-refractivity contribution in [2.75, 3.05) is 44.7 Å². The van der Waals surface area contributed by atoms with Crippen molar-refractivity contribution >= 4 is 56.9 Å². The number of halogens is 2. The molecule has 0 bridgehead atoms. The fraction of sp³-hybridized carbons (Fsp3) is 0.318. The van der Waals surface area contributed by atoms with Crippen LogP contribution in [-0.4, -0.2) is 50.5 Å². The normalized spacial score (nSPS) is 14.6. The van der Waals surface area contributed by atoms with Gasteiger partial charge in [0.1, 0.15) is 5.75 Å². The second kappa shape index (κ2) is 9.81. The van der Waals surface area contributed by atoms with Crippen LogP contribution in [0.4, 0.5) is 5.69 Å². The first-order valence-electron chi connectivity index (χ1n) is 9.46. The van der Waals surface area contributed by atoms with Crippen LogP contribution in [0.1, 0.15) is 16.8 Å². The van der Waals surface area contributed by atoms with Gasteiger partial charge in [0.15, 0.2) is 5.78 Å². The summed E-state index contributed by atoms with van der Waals surface area (Å²) in [6.07, 6.45) is 0.535. The maximum atomic E-state index is 12.8. The maximum absolute atomic E-state index is 12.8. The third-order valence-electron chi connectivity index (χ3n) is 5.29. The van der Waals surface area contributed by atoms with Crippen molar-refractivity contribution in [3.8, 4) is 5.75 Å². The van der Waals surface area contributed by atoms with Crippen LogP contribution in [0.3, 0.4) is 0 Å². The van der Waals surface area contributed by atoms with Crippen molar-refractivity contribution in [1.29, 1.82) is 0 Å². The van der Waals surface area contributed by atoms with Crippen molar-refractivity contribution in [3.63, 3.8) is 0 Å². The third kappa shape index (κ3) is 4.86. The first-order chi connectivity index (χ1) is 13.7. The van der Waals surface area contributed by atoms with E-state index in [-0.39, 0.29) is 18.2 Å². The molecule has 4 nitrogen and oxygen atoms in total. The van der Waals surface area contributed by atoms with E-state index in [4.69, 9.17) is 16.3 Å². The number of Topliss-reactive ketones (excluding diaryl/α,β-unsaturated/α-hetero) is 1. The number of hydrogen-bond donors (Lipinski definition) is 0. The Hall–Kier alpha value is -1.79. The first kappa shape index (κ1) is 21.9. The van der Waals surface area contributed by atoms with Gasteiger partial charge in [0.2, 0.25) is 0 Å². The summed E-state index contributed by atoms with van der Waals surface area (Å²) >= 11 is 7.71. The minimum atomic E-state index is 0. The van der Waals surface area contributed by atoms with Crippen LogP contribution in [0, 0.1) is 0 Å². The molecule has 154 valence electrons. The molecule has 1 aliphatic rings. The van der Waals surface area contributed by atoms with Gasteiger partial charge in [-0.3, -0.25) is 9.69 Å². The SMILES string of the molecule is COc1ccccc1N1CCN(CCC(=O)c2csc3ccc(Cl)cc23)CC1.Cl. The van der Waals surface area contributed by atoms with Crippen molar-refractivity contribution in [1.82, 2.24) is 4.90 Å². The molecule has 0 radical (unpaired) electrons. The molecular weight excluding hydrogens is 427 g/mol. The van der Waals surface area contributed by atoms with E-state index >= 15 is 0 Å². The van der Waals surface area contributed by atoms with Crippen molar-refractivity contribution < 1.29 is 9.53 Å². The minimum absolute atomic E-state index is 0. The van der Waals surface area contributed by atoms with Crippen LogP contribution in [0.15, 0.2) is 47.8 Å². The summed E-state index contributed by atoms with van der Waals surface area (Å²) in [7, 11) is 1.71. The smallest absolute Gasteiger partial charge is 0.165 e. The lowest BCUT2D eigenvalue weighted by molar-refractivity contribution is 0.0964. The number of hydrogen-bond acceptors (Lipinski definition) is 5. The van der Waals surface area contributed by atoms with Crippen LogP contribution in [0.5, 0.6) is 5.75 Å². The molecule has 1 fully saturated rings. The predicted octanol–water partition coefficient (Wildman–Crippen LogP) is 5.38. The highest BCUT2D eigenvalue weighted by atomic mass is 35.5. The number of carbonyl (C=O) groups is 1. The summed E-state index contributed by atoms with van der Waals surface area (Å²) in [5, 5.41) is 3.61. The minimum Gasteiger partial charge on any atom is -0.495 e. The molecule has 1 aromatic heterocycles. The molecule has 3 aromatic rings. The maximum Gasteiger partial charge on any atom is 0.165 e. The van der Waals surface area contributed by atoms with Crippen LogP contribution < -0.4 is 9.64 Å². The number of ether oxygens (including phenoxy) is 1. The molecule has 0 saturated carbocycles. The first-order valence-corrected chi connectivity index (χ1v) is 10.7. The molecule has 2 aromatic carbocycles. The number of rotatable bonds is 6. The quantitative estimate of drug-likeness (QED) is 0.471. The number of carbonyl (C=O) groups excluding carboxylic acids is 1. The molecule has 1 saturated heterocycles. The molecule has 29 heavy (non-hydrogen) atoms. The summed E-state index contributed by atoms with van der Waals surface area (Å²) in [5.41, 5.74) is 1.94. The van der Waals surface area contributed by atoms with Crippen LogP contribution >= 0.6 is 35.3 Å². The van der Waals surface area contributed by atoms with Gasteiger partial charge in [-0.05, 0) is 30.3 Å². The van der Waals surface area contributed by atoms with Gasteiger partial charge in [-0.15, -0.1) is 23.7 Å². The largest absolute Gasteiger partial charge is 0.495 e. The highest BCUT2D eigenvalue weighted by molar-refractivity contribution is 7.17. The summed E-state index contributed by atoms with van der Waals surface area (Å²) in [6.45, 7) is 4.55. The molecule has 0 aliphatic carbocycles. The number of anilines is 1. The molecular formula is C22H24Cl2N2O2S. The van der Waals surface area contributed by atoms with Gasteiger partial charge in [-0.25, -0.2) is 0 Å². The molecule has 1 aliphatic heterocycles. The lowest BCUT2D eigenvalue weighted by atomic mass is 10.1. The lowest BCUT2D eigenvalue weighted by Crippen LogP contribution is -2.47. The summed E-state index contributed by atoms with van der Waals surface area (Å²) in [4.78, 5) is 17.5. The van der Waals surface area contributed by atoms with Crippen LogP contribution in [0.2, 0.25) is 5.02 Å². The standard InChI is InChI=1S/C22H23ClN2O2S.ClH/c1-27-21-5-3-2-4-19(21)25-12-10-24(11-13-25)9-8-20(26)18-15-28-22-7-6-16(23)14-17(18)22;/h2-7,14-15H,8-13H2,1H3;1H. The molecule has 2 heterocycles. The predicted molar refractivity (Wildman–Crippen MR) is 125 cm³/mol. The number of benzene rings is 2. The molecule has 0 unspecified atom stereocenters. The average Bonchev–Trinajstić information content (AvgIpc) is 3.15. The zero-order chi connectivity index (χ0) is 19.5. The Kier molecular flexibility index (Phi) is 7.41. The van der Waals surface area contributed by atoms with Gasteiger partial charge >= 0.3 is 0 Å². The molecule has 0 amide bonds. The number of methoxy groups -OCH3 is 1. The monoisotopic (exact) mass is 450 g/mol. The van der Waals surface area contributed by atoms with Gasteiger partial charge in [0.25, 0.3) is 0 Å². The molecule has 0 atom stereocenters. The number of nitrogens with zero attached hydrogens (tertiary/aromatic N) is 2. The number of para-hydroxylation sites is 2. The molecule has 0 spiro atoms. The van der Waals surface area contributed by atoms with Gasteiger partial charge < -0.3 is 9.64 Å². The summed E-state index contributed by atoms with van der Waals surface area (Å²) in [5.74, 6) is 1.11. The zero-order valence-electron chi connectivity index (χ0n) is 16.3. The lowest BCUT2D eigenvalue weighted by Gasteiger charge is -2.36. The van der Waals surface area contributed by atoms with E-state index < -0.39 is 0 Å². The van der Waals surface area contributed by atoms with Crippen molar-refractivity contribution in [3.05, 3.63) is 58.4 Å². The second-order valence-electron chi connectivity index (χ2n) is 6.96. The summed E-state index contributed by atoms with van der Waals surface area (Å²) in [6, 6.07) is 13.9. The Morgan fingerprint density at radius 3 is 2.66 bits per heavy atom. The van der Waals surface area contributed by atoms with E-state index in [2.05, 4.69) is 15.9 Å². The van der Waals surface area contributed by atoms with Gasteiger partial charge in [0.05, 0.1) is 12.8 Å². The molecule has 0 N–H and O–H groups in total. The highest BCUT2D eigenvalue weighted by Crippen LogP contribution is 2.30. The van der Waals surface area contributed by atoms with Crippen molar-refractivity contribution in [2.45, 2.75) is 6.42 Å². The number of piperazine rings is 1. The Balaban J connectivity index is 0.00000240. The Morgan fingerprint density at radius 1 is 1.14 bits per heavy atom. The summed E-state index contributed by atoms with van der Waals surface area (Å²) < 4.78 is 6.59. The van der Waals surface area contributed by atoms with E-state index in [0.717, 1.165) is 59.8 Å².